The fourth-order valence-corrected chi connectivity index (χ4v) is 4.23. The molecule has 1 aliphatic rings. The van der Waals surface area contributed by atoms with Gasteiger partial charge in [0.2, 0.25) is 10.0 Å². The molecule has 2 unspecified atom stereocenters. The molecule has 2 N–H and O–H groups in total. The van der Waals surface area contributed by atoms with Crippen molar-refractivity contribution in [3.63, 3.8) is 0 Å². The molecule has 1 saturated carbocycles. The van der Waals surface area contributed by atoms with E-state index in [1.807, 2.05) is 6.92 Å². The Morgan fingerprint density at radius 1 is 1.32 bits per heavy atom. The molecule has 1 aliphatic carbocycles. The van der Waals surface area contributed by atoms with Gasteiger partial charge in [-0.3, -0.25) is 4.79 Å². The lowest BCUT2D eigenvalue weighted by atomic mass is 10.1. The standard InChI is InChI=1S/C12H24N2O4S/c1-3-13-8-5-9-14-19(16,17)11-7-4-6-10(11)12(15)18-2/h10-11,13-14H,3-9H2,1-2H3. The third kappa shape index (κ3) is 4.74. The number of ether oxygens (including phenoxy) is 1. The molecular formula is C12H24N2O4S. The number of hydrogen-bond acceptors (Lipinski definition) is 5. The van der Waals surface area contributed by atoms with Gasteiger partial charge in [-0.05, 0) is 32.4 Å². The van der Waals surface area contributed by atoms with E-state index >= 15 is 0 Å². The van der Waals surface area contributed by atoms with Gasteiger partial charge in [-0.15, -0.1) is 0 Å². The summed E-state index contributed by atoms with van der Waals surface area (Å²) in [4.78, 5) is 11.6. The summed E-state index contributed by atoms with van der Waals surface area (Å²) in [5, 5.41) is 2.49. The highest BCUT2D eigenvalue weighted by atomic mass is 32.2. The zero-order valence-corrected chi connectivity index (χ0v) is 12.5. The van der Waals surface area contributed by atoms with Gasteiger partial charge in [0.25, 0.3) is 0 Å². The zero-order chi connectivity index (χ0) is 14.3. The molecule has 0 radical (unpaired) electrons. The second kappa shape index (κ2) is 7.81. The van der Waals surface area contributed by atoms with Gasteiger partial charge in [-0.25, -0.2) is 13.1 Å². The normalized spacial score (nSPS) is 23.5. The predicted octanol–water partition coefficient (Wildman–Crippen LogP) is 0.247. The van der Waals surface area contributed by atoms with Gasteiger partial charge in [-0.1, -0.05) is 13.3 Å². The summed E-state index contributed by atoms with van der Waals surface area (Å²) in [7, 11) is -2.13. The predicted molar refractivity (Wildman–Crippen MR) is 73.2 cm³/mol. The van der Waals surface area contributed by atoms with E-state index in [0.29, 0.717) is 19.4 Å². The monoisotopic (exact) mass is 292 g/mol. The average Bonchev–Trinajstić information content (AvgIpc) is 2.87. The summed E-state index contributed by atoms with van der Waals surface area (Å²) in [6.45, 7) is 4.06. The van der Waals surface area contributed by atoms with Gasteiger partial charge in [-0.2, -0.15) is 0 Å². The van der Waals surface area contributed by atoms with Crippen LogP contribution in [0.5, 0.6) is 0 Å². The van der Waals surface area contributed by atoms with E-state index in [1.54, 1.807) is 0 Å². The van der Waals surface area contributed by atoms with Crippen molar-refractivity contribution >= 4 is 16.0 Å². The molecule has 2 atom stereocenters. The van der Waals surface area contributed by atoms with Crippen LogP contribution in [0.1, 0.15) is 32.6 Å². The van der Waals surface area contributed by atoms with Crippen molar-refractivity contribution in [2.24, 2.45) is 5.92 Å². The minimum atomic E-state index is -3.43. The first-order chi connectivity index (χ1) is 9.03. The molecule has 0 aromatic rings. The molecule has 19 heavy (non-hydrogen) atoms. The van der Waals surface area contributed by atoms with Crippen molar-refractivity contribution in [2.45, 2.75) is 37.9 Å². The highest BCUT2D eigenvalue weighted by molar-refractivity contribution is 7.90. The van der Waals surface area contributed by atoms with E-state index in [2.05, 4.69) is 14.8 Å². The van der Waals surface area contributed by atoms with Crippen LogP contribution in [0, 0.1) is 5.92 Å². The molecule has 112 valence electrons. The van der Waals surface area contributed by atoms with Gasteiger partial charge < -0.3 is 10.1 Å². The third-order valence-electron chi connectivity index (χ3n) is 3.44. The second-order valence-electron chi connectivity index (χ2n) is 4.75. The summed E-state index contributed by atoms with van der Waals surface area (Å²) in [6, 6.07) is 0. The van der Waals surface area contributed by atoms with E-state index in [-0.39, 0.29) is 0 Å². The largest absolute Gasteiger partial charge is 0.469 e. The SMILES string of the molecule is CCNCCCNS(=O)(=O)C1CCCC1C(=O)OC. The molecule has 1 rings (SSSR count). The molecule has 0 saturated heterocycles. The Kier molecular flexibility index (Phi) is 6.74. The number of carbonyl (C=O) groups excluding carboxylic acids is 1. The Morgan fingerprint density at radius 2 is 2.05 bits per heavy atom. The Balaban J connectivity index is 2.49. The van der Waals surface area contributed by atoms with Gasteiger partial charge in [0.05, 0.1) is 18.3 Å². The number of rotatable bonds is 8. The maximum atomic E-state index is 12.2. The summed E-state index contributed by atoms with van der Waals surface area (Å²) in [6.07, 6.45) is 2.61. The minimum Gasteiger partial charge on any atom is -0.469 e. The Morgan fingerprint density at radius 3 is 2.68 bits per heavy atom. The number of methoxy groups -OCH3 is 1. The van der Waals surface area contributed by atoms with Crippen molar-refractivity contribution in [1.82, 2.24) is 10.0 Å². The number of carbonyl (C=O) groups is 1. The Hall–Kier alpha value is -0.660. The molecule has 0 spiro atoms. The van der Waals surface area contributed by atoms with E-state index in [0.717, 1.165) is 25.9 Å². The lowest BCUT2D eigenvalue weighted by molar-refractivity contribution is -0.145. The highest BCUT2D eigenvalue weighted by Gasteiger charge is 2.41. The number of esters is 1. The smallest absolute Gasteiger partial charge is 0.310 e. The van der Waals surface area contributed by atoms with Crippen LogP contribution in [0.15, 0.2) is 0 Å². The van der Waals surface area contributed by atoms with Crippen molar-refractivity contribution in [3.8, 4) is 0 Å². The quantitative estimate of drug-likeness (QED) is 0.495. The minimum absolute atomic E-state index is 0.403. The first-order valence-electron chi connectivity index (χ1n) is 6.80. The van der Waals surface area contributed by atoms with Crippen LogP contribution in [0.4, 0.5) is 0 Å². The molecule has 0 aliphatic heterocycles. The van der Waals surface area contributed by atoms with Crippen LogP contribution in [-0.2, 0) is 19.6 Å². The van der Waals surface area contributed by atoms with Gasteiger partial charge in [0, 0.05) is 6.54 Å². The van der Waals surface area contributed by atoms with Crippen LogP contribution >= 0.6 is 0 Å². The van der Waals surface area contributed by atoms with Crippen LogP contribution in [0.25, 0.3) is 0 Å². The second-order valence-corrected chi connectivity index (χ2v) is 6.73. The van der Waals surface area contributed by atoms with E-state index in [1.165, 1.54) is 7.11 Å². The van der Waals surface area contributed by atoms with E-state index in [4.69, 9.17) is 0 Å². The lowest BCUT2D eigenvalue weighted by Crippen LogP contribution is -2.40. The lowest BCUT2D eigenvalue weighted by Gasteiger charge is -2.18. The third-order valence-corrected chi connectivity index (χ3v) is 5.41. The summed E-state index contributed by atoms with van der Waals surface area (Å²) in [5.41, 5.74) is 0. The highest BCUT2D eigenvalue weighted by Crippen LogP contribution is 2.31. The first kappa shape index (κ1) is 16.4. The molecule has 0 bridgehead atoms. The molecule has 0 aromatic heterocycles. The molecule has 1 fully saturated rings. The Bertz CT molecular complexity index is 383. The van der Waals surface area contributed by atoms with Crippen molar-refractivity contribution in [3.05, 3.63) is 0 Å². The first-order valence-corrected chi connectivity index (χ1v) is 8.34. The molecule has 6 nitrogen and oxygen atoms in total. The van der Waals surface area contributed by atoms with Crippen molar-refractivity contribution in [2.75, 3.05) is 26.7 Å². The fraction of sp³-hybridized carbons (Fsp3) is 0.917. The van der Waals surface area contributed by atoms with E-state index < -0.39 is 27.2 Å². The maximum absolute atomic E-state index is 12.2. The number of sulfonamides is 1. The number of hydrogen-bond donors (Lipinski definition) is 2. The summed E-state index contributed by atoms with van der Waals surface area (Å²) < 4.78 is 31.6. The summed E-state index contributed by atoms with van der Waals surface area (Å²) >= 11 is 0. The molecule has 0 aromatic carbocycles. The Labute approximate surface area is 115 Å². The van der Waals surface area contributed by atoms with Crippen LogP contribution in [-0.4, -0.2) is 46.4 Å². The van der Waals surface area contributed by atoms with Crippen LogP contribution < -0.4 is 10.0 Å². The molecular weight excluding hydrogens is 268 g/mol. The van der Waals surface area contributed by atoms with Crippen molar-refractivity contribution < 1.29 is 17.9 Å². The molecule has 0 heterocycles. The van der Waals surface area contributed by atoms with Crippen LogP contribution in [0.2, 0.25) is 0 Å². The molecule has 7 heteroatoms. The van der Waals surface area contributed by atoms with Crippen LogP contribution in [0.3, 0.4) is 0 Å². The van der Waals surface area contributed by atoms with Crippen molar-refractivity contribution in [1.29, 1.82) is 0 Å². The van der Waals surface area contributed by atoms with Gasteiger partial charge in [0.1, 0.15) is 0 Å². The summed E-state index contributed by atoms with van der Waals surface area (Å²) in [5.74, 6) is -0.934. The maximum Gasteiger partial charge on any atom is 0.310 e. The van der Waals surface area contributed by atoms with Gasteiger partial charge >= 0.3 is 5.97 Å². The zero-order valence-electron chi connectivity index (χ0n) is 11.6. The number of nitrogens with one attached hydrogen (secondary N) is 2. The van der Waals surface area contributed by atoms with E-state index in [9.17, 15) is 13.2 Å². The topological polar surface area (TPSA) is 84.5 Å². The van der Waals surface area contributed by atoms with Gasteiger partial charge in [0.15, 0.2) is 0 Å². The molecule has 0 amide bonds. The average molecular weight is 292 g/mol. The fourth-order valence-electron chi connectivity index (χ4n) is 2.43.